The average molecular weight is 244 g/mol. The number of amides is 2. The molecule has 0 heterocycles. The molecule has 0 aromatic rings. The van der Waals surface area contributed by atoms with Crippen molar-refractivity contribution in [2.45, 2.75) is 25.9 Å². The van der Waals surface area contributed by atoms with Crippen molar-refractivity contribution in [2.24, 2.45) is 11.8 Å². The van der Waals surface area contributed by atoms with Crippen LogP contribution in [-0.4, -0.2) is 43.4 Å². The maximum Gasteiger partial charge on any atom is 0.334 e. The van der Waals surface area contributed by atoms with Crippen molar-refractivity contribution in [3.8, 4) is 0 Å². The number of rotatable bonds is 7. The van der Waals surface area contributed by atoms with Crippen LogP contribution in [0.3, 0.4) is 0 Å². The number of carbonyl (C=O) groups excluding carboxylic acids is 1. The first-order valence-corrected chi connectivity index (χ1v) is 5.82. The van der Waals surface area contributed by atoms with Crippen molar-refractivity contribution in [1.82, 2.24) is 10.6 Å². The van der Waals surface area contributed by atoms with Crippen molar-refractivity contribution in [3.05, 3.63) is 0 Å². The zero-order chi connectivity index (χ0) is 12.8. The predicted octanol–water partition coefficient (Wildman–Crippen LogP) is 0.431. The Balaban J connectivity index is 2.13. The van der Waals surface area contributed by atoms with E-state index in [4.69, 9.17) is 9.84 Å². The molecule has 1 saturated carbocycles. The highest BCUT2D eigenvalue weighted by molar-refractivity contribution is 5.76. The Labute approximate surface area is 101 Å². The Morgan fingerprint density at radius 1 is 1.35 bits per heavy atom. The lowest BCUT2D eigenvalue weighted by molar-refractivity contribution is -0.147. The molecular weight excluding hydrogens is 224 g/mol. The standard InChI is InChI=1S/C11H20N2O4/c1-7(8-3-4-8)5-12-11(16)13-6-9(17-2)10(14)15/h7-9H,3-6H2,1-2H3,(H,14,15)(H2,12,13,16). The summed E-state index contributed by atoms with van der Waals surface area (Å²) in [6.45, 7) is 2.70. The van der Waals surface area contributed by atoms with E-state index in [0.29, 0.717) is 12.5 Å². The molecule has 3 N–H and O–H groups in total. The molecule has 1 aliphatic rings. The number of carboxylic acids is 1. The summed E-state index contributed by atoms with van der Waals surface area (Å²) in [5.41, 5.74) is 0. The van der Waals surface area contributed by atoms with Crippen molar-refractivity contribution in [3.63, 3.8) is 0 Å². The second kappa shape index (κ2) is 6.44. The number of hydrogen-bond donors (Lipinski definition) is 3. The fourth-order valence-corrected chi connectivity index (χ4v) is 1.60. The summed E-state index contributed by atoms with van der Waals surface area (Å²) in [5, 5.41) is 13.9. The summed E-state index contributed by atoms with van der Waals surface area (Å²) in [6, 6.07) is -0.346. The topological polar surface area (TPSA) is 87.7 Å². The minimum Gasteiger partial charge on any atom is -0.479 e. The van der Waals surface area contributed by atoms with Crippen molar-refractivity contribution in [1.29, 1.82) is 0 Å². The Morgan fingerprint density at radius 2 is 1.94 bits per heavy atom. The molecule has 0 bridgehead atoms. The maximum absolute atomic E-state index is 11.4. The Morgan fingerprint density at radius 3 is 2.41 bits per heavy atom. The minimum absolute atomic E-state index is 0.0323. The fraction of sp³-hybridized carbons (Fsp3) is 0.818. The van der Waals surface area contributed by atoms with E-state index in [2.05, 4.69) is 17.6 Å². The van der Waals surface area contributed by atoms with Crippen LogP contribution in [0.4, 0.5) is 4.79 Å². The highest BCUT2D eigenvalue weighted by atomic mass is 16.5. The van der Waals surface area contributed by atoms with Gasteiger partial charge in [-0.15, -0.1) is 0 Å². The molecule has 2 atom stereocenters. The van der Waals surface area contributed by atoms with E-state index in [0.717, 1.165) is 5.92 Å². The van der Waals surface area contributed by atoms with E-state index in [9.17, 15) is 9.59 Å². The quantitative estimate of drug-likeness (QED) is 0.606. The Hall–Kier alpha value is -1.30. The van der Waals surface area contributed by atoms with Crippen LogP contribution in [0.25, 0.3) is 0 Å². The summed E-state index contributed by atoms with van der Waals surface area (Å²) in [5.74, 6) is 0.138. The van der Waals surface area contributed by atoms with E-state index in [1.165, 1.54) is 20.0 Å². The summed E-state index contributed by atoms with van der Waals surface area (Å²) >= 11 is 0. The van der Waals surface area contributed by atoms with E-state index in [1.807, 2.05) is 0 Å². The van der Waals surface area contributed by atoms with Gasteiger partial charge in [-0.3, -0.25) is 0 Å². The fourth-order valence-electron chi connectivity index (χ4n) is 1.60. The van der Waals surface area contributed by atoms with Gasteiger partial charge in [0.2, 0.25) is 0 Å². The van der Waals surface area contributed by atoms with E-state index in [1.54, 1.807) is 0 Å². The molecule has 2 unspecified atom stereocenters. The summed E-state index contributed by atoms with van der Waals surface area (Å²) in [4.78, 5) is 22.0. The number of urea groups is 1. The molecule has 0 aliphatic heterocycles. The lowest BCUT2D eigenvalue weighted by Gasteiger charge is -2.14. The molecule has 17 heavy (non-hydrogen) atoms. The molecule has 0 radical (unpaired) electrons. The van der Waals surface area contributed by atoms with Gasteiger partial charge in [-0.25, -0.2) is 9.59 Å². The first-order valence-electron chi connectivity index (χ1n) is 5.82. The largest absolute Gasteiger partial charge is 0.479 e. The molecule has 0 saturated heterocycles. The number of hydrogen-bond acceptors (Lipinski definition) is 3. The van der Waals surface area contributed by atoms with Crippen LogP contribution in [0.2, 0.25) is 0 Å². The van der Waals surface area contributed by atoms with Crippen LogP contribution in [0, 0.1) is 11.8 Å². The van der Waals surface area contributed by atoms with E-state index < -0.39 is 12.1 Å². The van der Waals surface area contributed by atoms with E-state index >= 15 is 0 Å². The van der Waals surface area contributed by atoms with Crippen molar-refractivity contribution >= 4 is 12.0 Å². The highest BCUT2D eigenvalue weighted by Crippen LogP contribution is 2.35. The predicted molar refractivity (Wildman–Crippen MR) is 61.7 cm³/mol. The van der Waals surface area contributed by atoms with Gasteiger partial charge in [0.05, 0.1) is 6.54 Å². The van der Waals surface area contributed by atoms with Crippen molar-refractivity contribution in [2.75, 3.05) is 20.2 Å². The highest BCUT2D eigenvalue weighted by Gasteiger charge is 2.27. The van der Waals surface area contributed by atoms with Gasteiger partial charge in [0.15, 0.2) is 6.10 Å². The molecule has 1 aliphatic carbocycles. The summed E-state index contributed by atoms with van der Waals surface area (Å²) < 4.78 is 4.69. The number of nitrogens with one attached hydrogen (secondary N) is 2. The lowest BCUT2D eigenvalue weighted by atomic mass is 10.1. The van der Waals surface area contributed by atoms with Gasteiger partial charge in [0.25, 0.3) is 0 Å². The van der Waals surface area contributed by atoms with Crippen LogP contribution in [0.15, 0.2) is 0 Å². The lowest BCUT2D eigenvalue weighted by Crippen LogP contribution is -2.44. The molecule has 6 nitrogen and oxygen atoms in total. The average Bonchev–Trinajstić information content (AvgIpc) is 3.10. The van der Waals surface area contributed by atoms with Gasteiger partial charge >= 0.3 is 12.0 Å². The molecule has 1 fully saturated rings. The smallest absolute Gasteiger partial charge is 0.334 e. The van der Waals surface area contributed by atoms with E-state index in [-0.39, 0.29) is 12.6 Å². The maximum atomic E-state index is 11.4. The van der Waals surface area contributed by atoms with Crippen LogP contribution in [0.1, 0.15) is 19.8 Å². The number of aliphatic carboxylic acids is 1. The summed E-state index contributed by atoms with van der Waals surface area (Å²) in [6.07, 6.45) is 1.49. The Kier molecular flexibility index (Phi) is 5.21. The van der Waals surface area contributed by atoms with Gasteiger partial charge in [-0.2, -0.15) is 0 Å². The van der Waals surface area contributed by atoms with Crippen LogP contribution in [-0.2, 0) is 9.53 Å². The van der Waals surface area contributed by atoms with Gasteiger partial charge in [-0.1, -0.05) is 6.92 Å². The molecule has 2 amide bonds. The van der Waals surface area contributed by atoms with Crippen LogP contribution >= 0.6 is 0 Å². The zero-order valence-corrected chi connectivity index (χ0v) is 10.2. The molecular formula is C11H20N2O4. The number of carbonyl (C=O) groups is 2. The molecule has 98 valence electrons. The second-order valence-electron chi connectivity index (χ2n) is 4.47. The van der Waals surface area contributed by atoms with Gasteiger partial charge in [-0.05, 0) is 24.7 Å². The molecule has 6 heteroatoms. The monoisotopic (exact) mass is 244 g/mol. The summed E-state index contributed by atoms with van der Waals surface area (Å²) in [7, 11) is 1.30. The number of carboxylic acid groups (broad SMARTS) is 1. The van der Waals surface area contributed by atoms with Crippen molar-refractivity contribution < 1.29 is 19.4 Å². The third-order valence-electron chi connectivity index (χ3n) is 3.02. The molecule has 0 aromatic carbocycles. The zero-order valence-electron chi connectivity index (χ0n) is 10.2. The molecule has 1 rings (SSSR count). The van der Waals surface area contributed by atoms with Crippen LogP contribution in [0.5, 0.6) is 0 Å². The third kappa shape index (κ3) is 5.04. The number of ether oxygens (including phenoxy) is 1. The Bertz CT molecular complexity index is 279. The normalized spacial score (nSPS) is 18.2. The third-order valence-corrected chi connectivity index (χ3v) is 3.02. The van der Waals surface area contributed by atoms with Gasteiger partial charge in [0, 0.05) is 13.7 Å². The first-order chi connectivity index (χ1) is 8.04. The number of methoxy groups -OCH3 is 1. The van der Waals surface area contributed by atoms with Gasteiger partial charge < -0.3 is 20.5 Å². The second-order valence-corrected chi connectivity index (χ2v) is 4.47. The van der Waals surface area contributed by atoms with Crippen LogP contribution < -0.4 is 10.6 Å². The molecule has 0 spiro atoms. The molecule has 0 aromatic heterocycles. The minimum atomic E-state index is -1.08. The SMILES string of the molecule is COC(CNC(=O)NCC(C)C1CC1)C(=O)O. The first kappa shape index (κ1) is 13.8. The van der Waals surface area contributed by atoms with Gasteiger partial charge in [0.1, 0.15) is 0 Å².